The lowest BCUT2D eigenvalue weighted by molar-refractivity contribution is -0.127. The number of ether oxygens (including phenoxy) is 7. The van der Waals surface area contributed by atoms with Gasteiger partial charge in [0.1, 0.15) is 37.1 Å². The number of aromatic nitrogens is 1. The van der Waals surface area contributed by atoms with E-state index in [0.29, 0.717) is 167 Å². The predicted octanol–water partition coefficient (Wildman–Crippen LogP) is 5.46. The fraction of sp³-hybridized carbons (Fsp3) is 0.542. The van der Waals surface area contributed by atoms with E-state index in [1.807, 2.05) is 33.0 Å². The molecule has 22 heteroatoms. The highest BCUT2D eigenvalue weighted by Gasteiger charge is 2.36. The van der Waals surface area contributed by atoms with E-state index < -0.39 is 0 Å². The number of amides is 4. The zero-order valence-corrected chi connectivity index (χ0v) is 48.7. The number of nitrogens with one attached hydrogen (secondary N) is 1. The van der Waals surface area contributed by atoms with E-state index in [9.17, 15) is 29.4 Å². The highest BCUT2D eigenvalue weighted by atomic mass is 32.2. The molecule has 4 aliphatic rings. The number of thioether (sulfide) groups is 1. The lowest BCUT2D eigenvalue weighted by atomic mass is 10.1. The van der Waals surface area contributed by atoms with Crippen LogP contribution >= 0.6 is 11.8 Å². The molecule has 4 aliphatic heterocycles. The molecule has 0 radical (unpaired) electrons. The van der Waals surface area contributed by atoms with Crippen LogP contribution in [0.2, 0.25) is 0 Å². The molecule has 2 atom stereocenters. The number of rotatable bonds is 32. The molecule has 440 valence electrons. The van der Waals surface area contributed by atoms with Gasteiger partial charge in [0.2, 0.25) is 11.8 Å². The van der Waals surface area contributed by atoms with Gasteiger partial charge in [-0.25, -0.2) is 0 Å². The van der Waals surface area contributed by atoms with Crippen molar-refractivity contribution >= 4 is 59.2 Å². The Balaban J connectivity index is 0.922. The van der Waals surface area contributed by atoms with Gasteiger partial charge in [-0.2, -0.15) is 0 Å². The van der Waals surface area contributed by atoms with E-state index in [1.165, 1.54) is 11.1 Å². The average Bonchev–Trinajstić information content (AvgIpc) is 4.15. The van der Waals surface area contributed by atoms with Gasteiger partial charge in [-0.05, 0) is 59.7 Å². The minimum Gasteiger partial charge on any atom is -0.492 e. The first-order chi connectivity index (χ1) is 39.1. The second kappa shape index (κ2) is 30.7. The van der Waals surface area contributed by atoms with E-state index >= 15 is 0 Å². The van der Waals surface area contributed by atoms with Crippen LogP contribution in [0.4, 0.5) is 11.4 Å². The summed E-state index contributed by atoms with van der Waals surface area (Å²) in [6.45, 7) is 13.6. The Kier molecular flexibility index (Phi) is 23.6. The lowest BCUT2D eigenvalue weighted by Crippen LogP contribution is -2.38. The van der Waals surface area contributed by atoms with Gasteiger partial charge in [0.25, 0.3) is 11.8 Å². The van der Waals surface area contributed by atoms with Crippen LogP contribution in [0.5, 0.6) is 17.2 Å². The molecule has 0 saturated carbocycles. The van der Waals surface area contributed by atoms with Crippen molar-refractivity contribution in [3.05, 3.63) is 93.3 Å². The Morgan fingerprint density at radius 3 is 1.68 bits per heavy atom. The van der Waals surface area contributed by atoms with Crippen molar-refractivity contribution in [2.45, 2.75) is 90.2 Å². The van der Waals surface area contributed by atoms with Crippen LogP contribution in [-0.4, -0.2) is 207 Å². The number of hydrogen-bond acceptors (Lipinski definition) is 18. The van der Waals surface area contributed by atoms with Gasteiger partial charge in [-0.1, -0.05) is 23.3 Å². The van der Waals surface area contributed by atoms with Gasteiger partial charge in [-0.3, -0.25) is 34.1 Å². The Hall–Kier alpha value is -6.24. The van der Waals surface area contributed by atoms with Gasteiger partial charge in [0, 0.05) is 106 Å². The third-order valence-corrected chi connectivity index (χ3v) is 15.6. The molecule has 0 aliphatic carbocycles. The molecule has 2 aromatic carbocycles. The zero-order chi connectivity index (χ0) is 57.9. The van der Waals surface area contributed by atoms with Crippen molar-refractivity contribution in [2.24, 2.45) is 9.98 Å². The minimum absolute atomic E-state index is 0.00896. The summed E-state index contributed by atoms with van der Waals surface area (Å²) in [5.74, 6) is 1.18. The largest absolute Gasteiger partial charge is 0.492 e. The first-order valence-corrected chi connectivity index (χ1v) is 28.6. The van der Waals surface area contributed by atoms with E-state index in [1.54, 1.807) is 89.4 Å². The fourth-order valence-electron chi connectivity index (χ4n) is 9.62. The van der Waals surface area contributed by atoms with Gasteiger partial charge in [-0.15, -0.1) is 11.8 Å². The number of aliphatic hydroxyl groups is 2. The summed E-state index contributed by atoms with van der Waals surface area (Å²) < 4.78 is 40.9. The molecule has 0 bridgehead atoms. The van der Waals surface area contributed by atoms with Crippen LogP contribution < -0.4 is 19.5 Å². The smallest absolute Gasteiger partial charge is 0.256 e. The summed E-state index contributed by atoms with van der Waals surface area (Å²) in [5, 5.41) is 23.6. The number of aliphatic hydroxyl groups excluding tert-OH is 2. The van der Waals surface area contributed by atoms with Crippen molar-refractivity contribution in [2.75, 3.05) is 119 Å². The summed E-state index contributed by atoms with van der Waals surface area (Å²) in [5.41, 5.74) is 5.91. The summed E-state index contributed by atoms with van der Waals surface area (Å²) in [6, 6.07) is 9.93. The molecule has 5 heterocycles. The highest BCUT2D eigenvalue weighted by Crippen LogP contribution is 2.38. The average molecular weight is 1140 g/mol. The second-order valence-corrected chi connectivity index (χ2v) is 22.5. The third-order valence-electron chi connectivity index (χ3n) is 14.3. The number of hydrogen-bond donors (Lipinski definition) is 3. The Labute approximate surface area is 479 Å². The molecule has 0 unspecified atom stereocenters. The number of allylic oxidation sites excluding steroid dienone is 2. The lowest BCUT2D eigenvalue weighted by Gasteiger charge is -2.30. The van der Waals surface area contributed by atoms with Gasteiger partial charge in [0.05, 0.1) is 118 Å². The number of pyridine rings is 1. The van der Waals surface area contributed by atoms with Crippen LogP contribution in [-0.2, 0) is 55.0 Å². The highest BCUT2D eigenvalue weighted by molar-refractivity contribution is 8.01. The third kappa shape index (κ3) is 17.9. The molecule has 3 aromatic rings. The van der Waals surface area contributed by atoms with Crippen LogP contribution in [0.15, 0.2) is 69.7 Å². The van der Waals surface area contributed by atoms with Crippen LogP contribution in [0.1, 0.15) is 90.2 Å². The molecular weight excluding hydrogens is 1060 g/mol. The number of benzene rings is 2. The number of fused-ring (bicyclic) bond motifs is 4. The normalized spacial score (nSPS) is 17.6. The summed E-state index contributed by atoms with van der Waals surface area (Å²) in [4.78, 5) is 73.5. The van der Waals surface area contributed by atoms with Crippen LogP contribution in [0, 0.1) is 0 Å². The minimum atomic E-state index is -0.372. The summed E-state index contributed by atoms with van der Waals surface area (Å²) >= 11 is 1.59. The van der Waals surface area contributed by atoms with Crippen LogP contribution in [0.3, 0.4) is 0 Å². The molecule has 3 N–H and O–H groups in total. The first kappa shape index (κ1) is 62.4. The maximum absolute atomic E-state index is 13.7. The fourth-order valence-corrected chi connectivity index (χ4v) is 10.7. The Bertz CT molecular complexity index is 2650. The molecule has 4 amide bonds. The SMILES string of the molecule is C/C=C1\C[C@H]2C=Nc3cc(OCc4cc(OCCN(C)CC(C)(C)SCC(=O)N(C)CCOCCOCCOCCOCCC(=O)NC)cc(COc5cc6c(cc5CO)C(=O)N5C/C(=C/C)C[C@H]5C=N6)n4)c(CO)cc3C(=O)N2C1. The topological polar surface area (TPSA) is 236 Å². The maximum Gasteiger partial charge on any atom is 0.256 e. The monoisotopic (exact) mass is 1140 g/mol. The number of likely N-dealkylation sites (N-methyl/N-ethyl adjacent to an activating group) is 2. The number of carbonyl (C=O) groups excluding carboxylic acids is 4. The number of aliphatic imine (C=N–C) groups is 2. The molecule has 2 saturated heterocycles. The first-order valence-electron chi connectivity index (χ1n) is 27.6. The molecule has 1 aromatic heterocycles. The Morgan fingerprint density at radius 2 is 1.20 bits per heavy atom. The van der Waals surface area contributed by atoms with Crippen molar-refractivity contribution in [3.8, 4) is 17.2 Å². The van der Waals surface area contributed by atoms with Gasteiger partial charge < -0.3 is 68.3 Å². The molecule has 0 spiro atoms. The second-order valence-electron chi connectivity index (χ2n) is 20.8. The van der Waals surface area contributed by atoms with E-state index in [0.717, 1.165) is 12.8 Å². The molecule has 81 heavy (non-hydrogen) atoms. The van der Waals surface area contributed by atoms with E-state index in [4.69, 9.17) is 48.1 Å². The van der Waals surface area contributed by atoms with Crippen LogP contribution in [0.25, 0.3) is 0 Å². The number of nitrogens with zero attached hydrogens (tertiary/aromatic N) is 7. The van der Waals surface area contributed by atoms with Gasteiger partial charge in [0.15, 0.2) is 0 Å². The zero-order valence-electron chi connectivity index (χ0n) is 47.9. The van der Waals surface area contributed by atoms with Crippen molar-refractivity contribution in [1.29, 1.82) is 0 Å². The molecule has 7 rings (SSSR count). The van der Waals surface area contributed by atoms with Crippen molar-refractivity contribution in [1.82, 2.24) is 29.9 Å². The van der Waals surface area contributed by atoms with Crippen molar-refractivity contribution < 1.29 is 62.5 Å². The molecule has 2 fully saturated rings. The standard InChI is InChI=1S/C59H80N8O13S/c1-8-40-22-46-30-61-51-28-53(42(34-68)24-49(51)57(72)66(46)32-40)79-36-44-26-48(27-45(63-44)37-80-54-29-52-50(25-43(54)35-69)58(73)67-33-41(9-2)23-47(67)31-62-52)78-15-11-64(6)39-59(3,4)81-38-56(71)65(7)12-14-75-17-19-77-21-20-76-18-16-74-13-10-55(70)60-5/h8-9,24-31,46-47,68-69H,10-23,32-39H2,1-7H3,(H,60,70)/b40-8+,41-9+/t46-,47-/m0/s1. The maximum atomic E-state index is 13.7. The molecule has 21 nitrogen and oxygen atoms in total. The van der Waals surface area contributed by atoms with E-state index in [-0.39, 0.29) is 66.9 Å². The summed E-state index contributed by atoms with van der Waals surface area (Å²) in [7, 11) is 5.37. The van der Waals surface area contributed by atoms with Crippen molar-refractivity contribution in [3.63, 3.8) is 0 Å². The predicted molar refractivity (Wildman–Crippen MR) is 309 cm³/mol. The van der Waals surface area contributed by atoms with Gasteiger partial charge >= 0.3 is 0 Å². The quantitative estimate of drug-likeness (QED) is 0.0520. The number of carbonyl (C=O) groups is 4. The Morgan fingerprint density at radius 1 is 0.704 bits per heavy atom. The molecular formula is C59H80N8O13S. The van der Waals surface area contributed by atoms with E-state index in [2.05, 4.69) is 24.1 Å². The summed E-state index contributed by atoms with van der Waals surface area (Å²) in [6.07, 6.45) is 9.43.